The highest BCUT2D eigenvalue weighted by Crippen LogP contribution is 2.20. The van der Waals surface area contributed by atoms with E-state index in [9.17, 15) is 24.3 Å². The number of carbonyl (C=O) groups excluding carboxylic acids is 3. The average molecular weight is 637 g/mol. The quantitative estimate of drug-likeness (QED) is 0.0982. The van der Waals surface area contributed by atoms with Crippen LogP contribution >= 0.6 is 0 Å². The number of amides is 3. The molecule has 4 atom stereocenters. The third-order valence-electron chi connectivity index (χ3n) is 8.33. The minimum absolute atomic E-state index is 0.0378. The molecule has 0 aliphatic carbocycles. The van der Waals surface area contributed by atoms with Gasteiger partial charge in [-0.15, -0.1) is 0 Å². The van der Waals surface area contributed by atoms with Crippen LogP contribution in [0.15, 0.2) is 91.3 Å². The van der Waals surface area contributed by atoms with Crippen molar-refractivity contribution in [3.8, 4) is 0 Å². The summed E-state index contributed by atoms with van der Waals surface area (Å²) in [5.74, 6) is -3.28. The van der Waals surface area contributed by atoms with E-state index in [1.807, 2.05) is 85.1 Å². The fourth-order valence-corrected chi connectivity index (χ4v) is 5.74. The Balaban J connectivity index is 1.29. The van der Waals surface area contributed by atoms with Gasteiger partial charge in [-0.2, -0.15) is 0 Å². The van der Waals surface area contributed by atoms with Crippen molar-refractivity contribution in [1.82, 2.24) is 25.9 Å². The Morgan fingerprint density at radius 1 is 0.660 bits per heavy atom. The Morgan fingerprint density at radius 2 is 1.19 bits per heavy atom. The molecule has 0 spiro atoms. The van der Waals surface area contributed by atoms with Gasteiger partial charge >= 0.3 is 5.97 Å². The minimum atomic E-state index is -1.25. The molecule has 0 radical (unpaired) electrons. The van der Waals surface area contributed by atoms with Crippen LogP contribution < -0.4 is 21.7 Å². The first kappa shape index (κ1) is 33.0. The number of aromatic nitrogens is 2. The molecule has 0 saturated heterocycles. The van der Waals surface area contributed by atoms with Crippen molar-refractivity contribution < 1.29 is 24.3 Å². The van der Waals surface area contributed by atoms with Crippen molar-refractivity contribution >= 4 is 45.5 Å². The summed E-state index contributed by atoms with van der Waals surface area (Å²) in [5.41, 5.74) is 10.5. The molecule has 3 amide bonds. The first-order chi connectivity index (χ1) is 22.6. The van der Waals surface area contributed by atoms with Gasteiger partial charge in [0.25, 0.3) is 0 Å². The minimum Gasteiger partial charge on any atom is -0.480 e. The predicted octanol–water partition coefficient (Wildman–Crippen LogP) is 3.20. The topological polar surface area (TPSA) is 182 Å². The Hall–Kier alpha value is -5.42. The van der Waals surface area contributed by atoms with Crippen molar-refractivity contribution in [2.45, 2.75) is 57.3 Å². The van der Waals surface area contributed by atoms with E-state index in [0.29, 0.717) is 0 Å². The number of hydrogen-bond acceptors (Lipinski definition) is 5. The second-order valence-corrected chi connectivity index (χ2v) is 12.1. The molecule has 244 valence electrons. The van der Waals surface area contributed by atoms with Crippen LogP contribution in [0.4, 0.5) is 0 Å². The molecular formula is C36H40N6O5. The van der Waals surface area contributed by atoms with Gasteiger partial charge < -0.3 is 36.8 Å². The van der Waals surface area contributed by atoms with Crippen LogP contribution in [0, 0.1) is 5.92 Å². The normalized spacial score (nSPS) is 14.0. The van der Waals surface area contributed by atoms with Gasteiger partial charge in [-0.3, -0.25) is 14.4 Å². The van der Waals surface area contributed by atoms with Gasteiger partial charge in [-0.05, 0) is 41.2 Å². The first-order valence-corrected chi connectivity index (χ1v) is 15.6. The lowest BCUT2D eigenvalue weighted by Gasteiger charge is -2.27. The number of hydrogen-bond donors (Lipinski definition) is 7. The molecule has 0 saturated carbocycles. The number of benzene rings is 3. The number of aliphatic carboxylic acids is 1. The van der Waals surface area contributed by atoms with Crippen LogP contribution in [-0.2, 0) is 38.4 Å². The number of carbonyl (C=O) groups is 4. The molecule has 2 aromatic heterocycles. The Kier molecular flexibility index (Phi) is 10.4. The molecule has 5 rings (SSSR count). The third-order valence-corrected chi connectivity index (χ3v) is 8.33. The molecule has 2 heterocycles. The van der Waals surface area contributed by atoms with Crippen molar-refractivity contribution in [2.24, 2.45) is 11.7 Å². The lowest BCUT2D eigenvalue weighted by atomic mass is 9.99. The van der Waals surface area contributed by atoms with Gasteiger partial charge in [0.05, 0.1) is 6.04 Å². The Bertz CT molecular complexity index is 1860. The molecule has 0 bridgehead atoms. The largest absolute Gasteiger partial charge is 0.480 e. The lowest BCUT2D eigenvalue weighted by Crippen LogP contribution is -2.59. The molecule has 3 aromatic carbocycles. The fourth-order valence-electron chi connectivity index (χ4n) is 5.74. The number of carboxylic acid groups (broad SMARTS) is 1. The van der Waals surface area contributed by atoms with Gasteiger partial charge in [0.2, 0.25) is 17.7 Å². The molecule has 5 aromatic rings. The molecular weight excluding hydrogens is 596 g/mol. The average Bonchev–Trinajstić information content (AvgIpc) is 3.67. The summed E-state index contributed by atoms with van der Waals surface area (Å²) < 4.78 is 0. The van der Waals surface area contributed by atoms with Crippen LogP contribution in [0.3, 0.4) is 0 Å². The van der Waals surface area contributed by atoms with E-state index in [2.05, 4.69) is 25.9 Å². The third kappa shape index (κ3) is 8.06. The maximum atomic E-state index is 13.7. The molecule has 0 fully saturated rings. The highest BCUT2D eigenvalue weighted by atomic mass is 16.4. The Labute approximate surface area is 272 Å². The lowest BCUT2D eigenvalue weighted by molar-refractivity contribution is -0.142. The summed E-state index contributed by atoms with van der Waals surface area (Å²) in [6.45, 7) is 3.56. The SMILES string of the molecule is CC(C)C(NC(=O)C(N)Cc1c[nH]c2ccccc12)C(=O)NC(Cc1ccccc1)C(=O)NC(Cc1c[nH]c2ccccc12)C(=O)O. The van der Waals surface area contributed by atoms with Gasteiger partial charge in [-0.1, -0.05) is 80.6 Å². The summed E-state index contributed by atoms with van der Waals surface area (Å²) >= 11 is 0. The summed E-state index contributed by atoms with van der Waals surface area (Å²) in [4.78, 5) is 59.2. The maximum Gasteiger partial charge on any atom is 0.326 e. The molecule has 11 heteroatoms. The van der Waals surface area contributed by atoms with Crippen LogP contribution in [0.25, 0.3) is 21.8 Å². The zero-order valence-electron chi connectivity index (χ0n) is 26.3. The number of carboxylic acids is 1. The van der Waals surface area contributed by atoms with Crippen molar-refractivity contribution in [1.29, 1.82) is 0 Å². The summed E-state index contributed by atoms with van der Waals surface area (Å²) in [5, 5.41) is 20.1. The van der Waals surface area contributed by atoms with E-state index in [4.69, 9.17) is 5.73 Å². The number of H-pyrrole nitrogens is 2. The fraction of sp³-hybridized carbons (Fsp3) is 0.278. The molecule has 4 unspecified atom stereocenters. The summed E-state index contributed by atoms with van der Waals surface area (Å²) in [6, 6.07) is 20.0. The number of rotatable bonds is 14. The molecule has 11 nitrogen and oxygen atoms in total. The van der Waals surface area contributed by atoms with E-state index in [0.717, 1.165) is 38.5 Å². The summed E-state index contributed by atoms with van der Waals surface area (Å²) in [6.07, 6.45) is 3.95. The monoisotopic (exact) mass is 636 g/mol. The standard InChI is InChI=1S/C36H40N6O5/c1-21(2)32(42-33(43)27(37)17-23-19-38-28-14-8-6-12-25(23)28)35(45)40-30(16-22-10-4-3-5-11-22)34(44)41-31(36(46)47)18-24-20-39-29-15-9-7-13-26(24)29/h3-15,19-21,27,30-32,38-39H,16-18,37H2,1-2H3,(H,40,45)(H,41,44)(H,42,43)(H,46,47). The van der Waals surface area contributed by atoms with Crippen molar-refractivity contribution in [2.75, 3.05) is 0 Å². The molecule has 8 N–H and O–H groups in total. The van der Waals surface area contributed by atoms with Crippen LogP contribution in [-0.4, -0.2) is 62.9 Å². The molecule has 0 aliphatic heterocycles. The second kappa shape index (κ2) is 14.8. The van der Waals surface area contributed by atoms with E-state index in [1.165, 1.54) is 0 Å². The first-order valence-electron chi connectivity index (χ1n) is 15.6. The van der Waals surface area contributed by atoms with E-state index in [-0.39, 0.29) is 25.2 Å². The number of nitrogens with one attached hydrogen (secondary N) is 5. The van der Waals surface area contributed by atoms with Gasteiger partial charge in [0.1, 0.15) is 18.1 Å². The van der Waals surface area contributed by atoms with E-state index >= 15 is 0 Å². The van der Waals surface area contributed by atoms with E-state index in [1.54, 1.807) is 20.0 Å². The van der Waals surface area contributed by atoms with Gasteiger partial charge in [0.15, 0.2) is 0 Å². The van der Waals surface area contributed by atoms with Crippen molar-refractivity contribution in [3.05, 3.63) is 108 Å². The maximum absolute atomic E-state index is 13.7. The number of para-hydroxylation sites is 2. The zero-order valence-corrected chi connectivity index (χ0v) is 26.3. The van der Waals surface area contributed by atoms with Crippen LogP contribution in [0.5, 0.6) is 0 Å². The zero-order chi connectivity index (χ0) is 33.5. The van der Waals surface area contributed by atoms with Crippen LogP contribution in [0.2, 0.25) is 0 Å². The smallest absolute Gasteiger partial charge is 0.326 e. The van der Waals surface area contributed by atoms with E-state index < -0.39 is 47.9 Å². The van der Waals surface area contributed by atoms with Gasteiger partial charge in [0, 0.05) is 47.0 Å². The summed E-state index contributed by atoms with van der Waals surface area (Å²) in [7, 11) is 0. The van der Waals surface area contributed by atoms with Crippen molar-refractivity contribution in [3.63, 3.8) is 0 Å². The number of aromatic amines is 2. The highest BCUT2D eigenvalue weighted by molar-refractivity contribution is 5.95. The van der Waals surface area contributed by atoms with Gasteiger partial charge in [-0.25, -0.2) is 4.79 Å². The Morgan fingerprint density at radius 3 is 1.77 bits per heavy atom. The van der Waals surface area contributed by atoms with Crippen LogP contribution in [0.1, 0.15) is 30.5 Å². The predicted molar refractivity (Wildman–Crippen MR) is 180 cm³/mol. The number of nitrogens with two attached hydrogens (primary N) is 1. The number of fused-ring (bicyclic) bond motifs is 2. The molecule has 0 aliphatic rings. The highest BCUT2D eigenvalue weighted by Gasteiger charge is 2.32. The second-order valence-electron chi connectivity index (χ2n) is 12.1. The molecule has 47 heavy (non-hydrogen) atoms.